The summed E-state index contributed by atoms with van der Waals surface area (Å²) in [5.41, 5.74) is 8.66. The lowest BCUT2D eigenvalue weighted by Crippen LogP contribution is -2.20. The average Bonchev–Trinajstić information content (AvgIpc) is 2.72. The molecule has 2 aromatic rings. The summed E-state index contributed by atoms with van der Waals surface area (Å²) in [7, 11) is 0. The van der Waals surface area contributed by atoms with Crippen molar-refractivity contribution in [2.45, 2.75) is 20.3 Å². The van der Waals surface area contributed by atoms with Crippen LogP contribution in [0.2, 0.25) is 0 Å². The molecule has 0 saturated heterocycles. The first-order chi connectivity index (χ1) is 14.0. The number of benzene rings is 2. The molecule has 0 spiro atoms. The molecule has 0 aliphatic rings. The van der Waals surface area contributed by atoms with Crippen molar-refractivity contribution in [3.63, 3.8) is 0 Å². The maximum absolute atomic E-state index is 12.3. The number of hydrazone groups is 1. The van der Waals surface area contributed by atoms with Gasteiger partial charge in [0.05, 0.1) is 19.4 Å². The number of nitrogens with zero attached hydrogens (tertiary/aromatic N) is 1. The lowest BCUT2D eigenvalue weighted by Gasteiger charge is -2.12. The van der Waals surface area contributed by atoms with E-state index < -0.39 is 5.91 Å². The van der Waals surface area contributed by atoms with Gasteiger partial charge in [-0.3, -0.25) is 9.59 Å². The average molecular weight is 399 g/mol. The fraction of sp³-hybridized carbons (Fsp3) is 0.286. The minimum Gasteiger partial charge on any atom is -0.490 e. The second-order valence-electron chi connectivity index (χ2n) is 5.97. The number of nitrogens with two attached hydrogens (primary N) is 1. The van der Waals surface area contributed by atoms with E-state index in [9.17, 15) is 9.59 Å². The Bertz CT molecular complexity index is 850. The van der Waals surface area contributed by atoms with E-state index in [4.69, 9.17) is 19.9 Å². The van der Waals surface area contributed by atoms with E-state index in [0.717, 1.165) is 12.0 Å². The van der Waals surface area contributed by atoms with E-state index in [0.29, 0.717) is 36.0 Å². The van der Waals surface area contributed by atoms with Crippen LogP contribution in [0.25, 0.3) is 0 Å². The molecule has 0 saturated carbocycles. The summed E-state index contributed by atoms with van der Waals surface area (Å²) in [6.45, 7) is 4.73. The molecule has 0 radical (unpaired) electrons. The summed E-state index contributed by atoms with van der Waals surface area (Å²) in [6, 6.07) is 11.8. The van der Waals surface area contributed by atoms with Crippen molar-refractivity contribution in [2.75, 3.05) is 19.8 Å². The van der Waals surface area contributed by atoms with Crippen LogP contribution in [0, 0.1) is 0 Å². The van der Waals surface area contributed by atoms with Gasteiger partial charge in [0.2, 0.25) is 0 Å². The van der Waals surface area contributed by atoms with Crippen molar-refractivity contribution >= 4 is 18.0 Å². The van der Waals surface area contributed by atoms with Crippen molar-refractivity contribution in [2.24, 2.45) is 10.8 Å². The van der Waals surface area contributed by atoms with Gasteiger partial charge in [0.1, 0.15) is 5.75 Å². The van der Waals surface area contributed by atoms with E-state index in [-0.39, 0.29) is 12.5 Å². The molecule has 0 aromatic heterocycles. The lowest BCUT2D eigenvalue weighted by molar-refractivity contribution is -0.119. The first-order valence-electron chi connectivity index (χ1n) is 9.27. The highest BCUT2D eigenvalue weighted by Gasteiger charge is 2.11. The summed E-state index contributed by atoms with van der Waals surface area (Å²) < 4.78 is 16.4. The Kier molecular flexibility index (Phi) is 8.50. The van der Waals surface area contributed by atoms with Crippen LogP contribution in [0.4, 0.5) is 0 Å². The van der Waals surface area contributed by atoms with Crippen LogP contribution in [-0.4, -0.2) is 37.8 Å². The van der Waals surface area contributed by atoms with Gasteiger partial charge in [-0.05, 0) is 61.4 Å². The first-order valence-corrected chi connectivity index (χ1v) is 9.27. The van der Waals surface area contributed by atoms with E-state index in [1.165, 1.54) is 6.21 Å². The molecule has 0 heterocycles. The minimum atomic E-state index is -0.546. The van der Waals surface area contributed by atoms with Crippen molar-refractivity contribution in [1.29, 1.82) is 0 Å². The van der Waals surface area contributed by atoms with Gasteiger partial charge in [-0.25, -0.2) is 5.43 Å². The fourth-order valence-electron chi connectivity index (χ4n) is 2.28. The summed E-state index contributed by atoms with van der Waals surface area (Å²) in [5, 5.41) is 3.96. The second kappa shape index (κ2) is 11.3. The molecule has 0 fully saturated rings. The highest BCUT2D eigenvalue weighted by Crippen LogP contribution is 2.28. The zero-order valence-electron chi connectivity index (χ0n) is 16.5. The highest BCUT2D eigenvalue weighted by atomic mass is 16.5. The Morgan fingerprint density at radius 1 is 1.03 bits per heavy atom. The van der Waals surface area contributed by atoms with Gasteiger partial charge in [-0.1, -0.05) is 6.92 Å². The zero-order valence-corrected chi connectivity index (χ0v) is 16.5. The lowest BCUT2D eigenvalue weighted by atomic mass is 10.2. The third kappa shape index (κ3) is 7.17. The molecule has 2 rings (SSSR count). The third-order valence-electron chi connectivity index (χ3n) is 3.61. The Morgan fingerprint density at radius 2 is 1.79 bits per heavy atom. The number of carbonyl (C=O) groups excluding carboxylic acids is 2. The molecule has 154 valence electrons. The third-order valence-corrected chi connectivity index (χ3v) is 3.61. The van der Waals surface area contributed by atoms with Crippen molar-refractivity contribution in [3.8, 4) is 17.2 Å². The van der Waals surface area contributed by atoms with Crippen LogP contribution >= 0.6 is 0 Å². The topological polar surface area (TPSA) is 112 Å². The number of carbonyl (C=O) groups is 2. The number of ether oxygens (including phenoxy) is 3. The predicted octanol–water partition coefficient (Wildman–Crippen LogP) is 2.50. The number of hydrogen-bond acceptors (Lipinski definition) is 6. The number of rotatable bonds is 11. The van der Waals surface area contributed by atoms with Gasteiger partial charge < -0.3 is 19.9 Å². The summed E-state index contributed by atoms with van der Waals surface area (Å²) in [6.07, 6.45) is 2.37. The van der Waals surface area contributed by atoms with Crippen LogP contribution in [-0.2, 0) is 4.79 Å². The SMILES string of the molecule is CCCOc1ccc(C(=O)N/N=C/c2ccc(OCC(N)=O)cc2)cc1OCC. The molecular formula is C21H25N3O5. The van der Waals surface area contributed by atoms with Crippen LogP contribution in [0.15, 0.2) is 47.6 Å². The van der Waals surface area contributed by atoms with Crippen LogP contribution in [0.5, 0.6) is 17.2 Å². The summed E-state index contributed by atoms with van der Waals surface area (Å²) in [5.74, 6) is 0.719. The quantitative estimate of drug-likeness (QED) is 0.445. The van der Waals surface area contributed by atoms with Gasteiger partial charge in [0.25, 0.3) is 11.8 Å². The summed E-state index contributed by atoms with van der Waals surface area (Å²) >= 11 is 0. The molecule has 8 heteroatoms. The molecule has 2 aromatic carbocycles. The number of hydrogen-bond donors (Lipinski definition) is 2. The maximum Gasteiger partial charge on any atom is 0.271 e. The predicted molar refractivity (Wildman–Crippen MR) is 110 cm³/mol. The van der Waals surface area contributed by atoms with E-state index in [2.05, 4.69) is 10.5 Å². The Morgan fingerprint density at radius 3 is 2.45 bits per heavy atom. The van der Waals surface area contributed by atoms with Gasteiger partial charge >= 0.3 is 0 Å². The van der Waals surface area contributed by atoms with Gasteiger partial charge in [0.15, 0.2) is 18.1 Å². The second-order valence-corrected chi connectivity index (χ2v) is 5.97. The molecular weight excluding hydrogens is 374 g/mol. The molecule has 0 atom stereocenters. The molecule has 0 aliphatic heterocycles. The van der Waals surface area contributed by atoms with E-state index in [1.54, 1.807) is 42.5 Å². The fourth-order valence-corrected chi connectivity index (χ4v) is 2.28. The maximum atomic E-state index is 12.3. The Hall–Kier alpha value is -3.55. The van der Waals surface area contributed by atoms with Crippen LogP contribution < -0.4 is 25.4 Å². The number of amides is 2. The number of nitrogens with one attached hydrogen (secondary N) is 1. The van der Waals surface area contributed by atoms with Gasteiger partial charge in [-0.2, -0.15) is 5.10 Å². The highest BCUT2D eigenvalue weighted by molar-refractivity contribution is 5.95. The molecule has 29 heavy (non-hydrogen) atoms. The first kappa shape index (κ1) is 21.7. The molecule has 8 nitrogen and oxygen atoms in total. The molecule has 0 aliphatic carbocycles. The Balaban J connectivity index is 1.97. The molecule has 2 amide bonds. The molecule has 0 bridgehead atoms. The number of primary amides is 1. The normalized spacial score (nSPS) is 10.6. The standard InChI is InChI=1S/C21H25N3O5/c1-3-11-28-18-10-7-16(12-19(18)27-4-2)21(26)24-23-13-15-5-8-17(9-6-15)29-14-20(22)25/h5-10,12-13H,3-4,11,14H2,1-2H3,(H2,22,25)(H,24,26)/b23-13+. The Labute approximate surface area is 169 Å². The van der Waals surface area contributed by atoms with Crippen molar-refractivity contribution in [1.82, 2.24) is 5.43 Å². The summed E-state index contributed by atoms with van der Waals surface area (Å²) in [4.78, 5) is 23.0. The minimum absolute atomic E-state index is 0.185. The van der Waals surface area contributed by atoms with E-state index in [1.807, 2.05) is 13.8 Å². The van der Waals surface area contributed by atoms with Crippen molar-refractivity contribution in [3.05, 3.63) is 53.6 Å². The van der Waals surface area contributed by atoms with Gasteiger partial charge in [-0.15, -0.1) is 0 Å². The largest absolute Gasteiger partial charge is 0.490 e. The van der Waals surface area contributed by atoms with Crippen molar-refractivity contribution < 1.29 is 23.8 Å². The molecule has 0 unspecified atom stereocenters. The zero-order chi connectivity index (χ0) is 21.1. The monoisotopic (exact) mass is 399 g/mol. The molecule has 3 N–H and O–H groups in total. The van der Waals surface area contributed by atoms with Crippen LogP contribution in [0.3, 0.4) is 0 Å². The van der Waals surface area contributed by atoms with Crippen LogP contribution in [0.1, 0.15) is 36.2 Å². The smallest absolute Gasteiger partial charge is 0.271 e. The van der Waals surface area contributed by atoms with Gasteiger partial charge in [0, 0.05) is 5.56 Å². The van der Waals surface area contributed by atoms with E-state index >= 15 is 0 Å².